The van der Waals surface area contributed by atoms with Gasteiger partial charge in [-0.1, -0.05) is 65.0 Å². The van der Waals surface area contributed by atoms with Crippen LogP contribution in [0.4, 0.5) is 0 Å². The summed E-state index contributed by atoms with van der Waals surface area (Å²) in [6.45, 7) is 14.4. The molecular formula is C16H30Cl2Si2Zr. The molecule has 0 amide bonds. The predicted molar refractivity (Wildman–Crippen MR) is 87.9 cm³/mol. The molecule has 5 heteroatoms. The molecule has 0 spiro atoms. The van der Waals surface area contributed by atoms with Crippen molar-refractivity contribution in [1.82, 2.24) is 0 Å². The van der Waals surface area contributed by atoms with E-state index in [4.69, 9.17) is 0 Å². The molecule has 0 unspecified atom stereocenters. The average Bonchev–Trinajstić information content (AvgIpc) is 2.91. The van der Waals surface area contributed by atoms with Crippen LogP contribution in [0.1, 0.15) is 38.5 Å². The van der Waals surface area contributed by atoms with E-state index in [1.165, 1.54) is 38.5 Å². The summed E-state index contributed by atoms with van der Waals surface area (Å²) in [5.41, 5.74) is 0. The van der Waals surface area contributed by atoms with Gasteiger partial charge >= 0.3 is 26.2 Å². The topological polar surface area (TPSA) is 0 Å². The van der Waals surface area contributed by atoms with Crippen LogP contribution in [0.3, 0.4) is 0 Å². The molecule has 21 heavy (non-hydrogen) atoms. The smallest absolute Gasteiger partial charge is 1.00 e. The molecule has 0 aliphatic heterocycles. The number of hydrogen-bond donors (Lipinski definition) is 0. The maximum absolute atomic E-state index is 3.47. The van der Waals surface area contributed by atoms with E-state index in [9.17, 15) is 0 Å². The molecule has 0 nitrogen and oxygen atoms in total. The molecule has 0 bridgehead atoms. The maximum Gasteiger partial charge on any atom is 4.00 e. The molecule has 0 aromatic rings. The van der Waals surface area contributed by atoms with Crippen LogP contribution in [0.5, 0.6) is 0 Å². The van der Waals surface area contributed by atoms with Gasteiger partial charge in [0.05, 0.1) is 0 Å². The second kappa shape index (κ2) is 11.8. The normalized spacial score (nSPS) is 17.2. The van der Waals surface area contributed by atoms with Crippen molar-refractivity contribution in [3.8, 4) is 0 Å². The van der Waals surface area contributed by atoms with Crippen LogP contribution in [0.15, 0.2) is 10.4 Å². The van der Waals surface area contributed by atoms with Crippen LogP contribution < -0.4 is 24.8 Å². The summed E-state index contributed by atoms with van der Waals surface area (Å²) in [6.07, 6.45) is 14.8. The third kappa shape index (κ3) is 10.7. The van der Waals surface area contributed by atoms with Crippen molar-refractivity contribution in [2.24, 2.45) is 0 Å². The molecule has 0 aromatic heterocycles. The van der Waals surface area contributed by atoms with Crippen molar-refractivity contribution in [3.63, 3.8) is 0 Å². The Morgan fingerprint density at radius 1 is 0.667 bits per heavy atom. The number of allylic oxidation sites excluding steroid dienone is 4. The zero-order valence-corrected chi connectivity index (χ0v) is 20.5. The van der Waals surface area contributed by atoms with Crippen LogP contribution in [0.25, 0.3) is 0 Å². The molecular weight excluding hydrogens is 410 g/mol. The van der Waals surface area contributed by atoms with Gasteiger partial charge in [-0.2, -0.15) is 12.8 Å². The van der Waals surface area contributed by atoms with Gasteiger partial charge in [-0.25, -0.2) is 0 Å². The van der Waals surface area contributed by atoms with Crippen molar-refractivity contribution in [2.45, 2.75) is 77.8 Å². The minimum Gasteiger partial charge on any atom is -1.00 e. The van der Waals surface area contributed by atoms with Crippen molar-refractivity contribution in [1.29, 1.82) is 0 Å². The summed E-state index contributed by atoms with van der Waals surface area (Å²) in [7, 11) is -1.84. The second-order valence-electron chi connectivity index (χ2n) is 7.52. The molecule has 0 atom stereocenters. The van der Waals surface area contributed by atoms with E-state index in [2.05, 4.69) is 51.4 Å². The van der Waals surface area contributed by atoms with Crippen molar-refractivity contribution < 1.29 is 51.0 Å². The molecule has 120 valence electrons. The van der Waals surface area contributed by atoms with Gasteiger partial charge in [0.15, 0.2) is 0 Å². The molecule has 2 aliphatic rings. The third-order valence-electron chi connectivity index (χ3n) is 3.69. The van der Waals surface area contributed by atoms with E-state index < -0.39 is 16.1 Å². The van der Waals surface area contributed by atoms with Crippen LogP contribution in [0.2, 0.25) is 39.3 Å². The fraction of sp³-hybridized carbons (Fsp3) is 0.750. The standard InChI is InChI=1S/2C8H15Si.2ClH.Zr/c2*1-9(2,3)8-6-4-5-7-8;;;/h2*4-6H2,1-3H3;2*1H;/q2*-1;;;+4/p-2. The van der Waals surface area contributed by atoms with E-state index >= 15 is 0 Å². The zero-order valence-electron chi connectivity index (χ0n) is 14.5. The monoisotopic (exact) mass is 438 g/mol. The molecule has 0 saturated carbocycles. The maximum atomic E-state index is 3.47. The van der Waals surface area contributed by atoms with Crippen LogP contribution >= 0.6 is 0 Å². The fourth-order valence-corrected chi connectivity index (χ4v) is 5.63. The Hall–Kier alpha value is 1.38. The van der Waals surface area contributed by atoms with Gasteiger partial charge in [0, 0.05) is 16.1 Å². The molecule has 2 rings (SSSR count). The third-order valence-corrected chi connectivity index (χ3v) is 8.17. The summed E-state index contributed by atoms with van der Waals surface area (Å²) in [5, 5.41) is 3.34. The second-order valence-corrected chi connectivity index (χ2v) is 17.7. The molecule has 0 saturated heterocycles. The van der Waals surface area contributed by atoms with Gasteiger partial charge in [0.1, 0.15) is 0 Å². The minimum absolute atomic E-state index is 0. The molecule has 0 N–H and O–H groups in total. The van der Waals surface area contributed by atoms with Crippen LogP contribution in [-0.2, 0) is 26.2 Å². The van der Waals surface area contributed by atoms with Crippen LogP contribution in [-0.4, -0.2) is 16.1 Å². The Balaban J connectivity index is -0.000000270. The summed E-state index contributed by atoms with van der Waals surface area (Å²) in [4.78, 5) is 0. The van der Waals surface area contributed by atoms with Crippen molar-refractivity contribution >= 4 is 16.1 Å². The van der Waals surface area contributed by atoms with E-state index in [1.54, 1.807) is 10.4 Å². The molecule has 0 radical (unpaired) electrons. The Labute approximate surface area is 166 Å². The molecule has 0 fully saturated rings. The van der Waals surface area contributed by atoms with Crippen molar-refractivity contribution in [2.75, 3.05) is 0 Å². The SMILES string of the molecule is C[Si](C)(C)C1=[C-]CCC1.C[Si](C)(C)C1=[C-]CCC1.[Cl-].[Cl-].[Zr+4]. The van der Waals surface area contributed by atoms with Gasteiger partial charge in [-0.15, -0.1) is 0 Å². The first-order chi connectivity index (χ1) is 8.21. The number of rotatable bonds is 2. The van der Waals surface area contributed by atoms with Gasteiger partial charge in [-0.3, -0.25) is 10.4 Å². The first-order valence-corrected chi connectivity index (χ1v) is 14.4. The Morgan fingerprint density at radius 2 is 0.952 bits per heavy atom. The summed E-state index contributed by atoms with van der Waals surface area (Å²) in [6, 6.07) is 0. The minimum atomic E-state index is -0.919. The van der Waals surface area contributed by atoms with Gasteiger partial charge in [-0.05, 0) is 0 Å². The van der Waals surface area contributed by atoms with Gasteiger partial charge in [0.25, 0.3) is 0 Å². The first-order valence-electron chi connectivity index (χ1n) is 7.41. The quantitative estimate of drug-likeness (QED) is 0.404. The number of halogens is 2. The fourth-order valence-electron chi connectivity index (χ4n) is 2.47. The van der Waals surface area contributed by atoms with E-state index in [1.807, 2.05) is 0 Å². The zero-order chi connectivity index (χ0) is 13.8. The van der Waals surface area contributed by atoms with E-state index in [-0.39, 0.29) is 51.0 Å². The largest absolute Gasteiger partial charge is 4.00 e. The Bertz CT molecular complexity index is 305. The number of hydrogen-bond acceptors (Lipinski definition) is 0. The first kappa shape index (κ1) is 27.2. The summed E-state index contributed by atoms with van der Waals surface area (Å²) in [5.74, 6) is 0. The Morgan fingerprint density at radius 3 is 1.05 bits per heavy atom. The molecule has 0 aromatic carbocycles. The summed E-state index contributed by atoms with van der Waals surface area (Å²) >= 11 is 0. The summed E-state index contributed by atoms with van der Waals surface area (Å²) < 4.78 is 0. The van der Waals surface area contributed by atoms with Gasteiger partial charge < -0.3 is 37.0 Å². The predicted octanol–water partition coefficient (Wildman–Crippen LogP) is -0.440. The van der Waals surface area contributed by atoms with Crippen molar-refractivity contribution in [3.05, 3.63) is 22.5 Å². The average molecular weight is 441 g/mol. The van der Waals surface area contributed by atoms with E-state index in [0.717, 1.165) is 0 Å². The Kier molecular flexibility index (Phi) is 15.4. The van der Waals surface area contributed by atoms with E-state index in [0.29, 0.717) is 0 Å². The molecule has 0 heterocycles. The molecule has 2 aliphatic carbocycles. The van der Waals surface area contributed by atoms with Gasteiger partial charge in [0.2, 0.25) is 0 Å². The van der Waals surface area contributed by atoms with Crippen LogP contribution in [0, 0.1) is 12.2 Å².